The predicted molar refractivity (Wildman–Crippen MR) is 86.3 cm³/mol. The van der Waals surface area contributed by atoms with E-state index in [0.29, 0.717) is 5.02 Å². The molecular weight excluding hydrogens is 368 g/mol. The molecule has 124 valence electrons. The summed E-state index contributed by atoms with van der Waals surface area (Å²) in [6.45, 7) is 3.14. The second-order valence-electron chi connectivity index (χ2n) is 4.59. The van der Waals surface area contributed by atoms with Crippen molar-refractivity contribution < 1.29 is 13.2 Å². The average Bonchev–Trinajstić information content (AvgIpc) is 2.76. The van der Waals surface area contributed by atoms with Crippen molar-refractivity contribution >= 4 is 47.8 Å². The molecule has 2 nitrogen and oxygen atoms in total. The molecule has 1 aliphatic rings. The van der Waals surface area contributed by atoms with Crippen molar-refractivity contribution in [3.63, 3.8) is 0 Å². The molecule has 1 saturated heterocycles. The van der Waals surface area contributed by atoms with Crippen LogP contribution >= 0.6 is 47.8 Å². The highest BCUT2D eigenvalue weighted by molar-refractivity contribution is 7.10. The Labute approximate surface area is 143 Å². The maximum Gasteiger partial charge on any atom is 0.389 e. The molecule has 1 fully saturated rings. The van der Waals surface area contributed by atoms with E-state index in [9.17, 15) is 13.2 Å². The van der Waals surface area contributed by atoms with E-state index in [1.165, 1.54) is 11.3 Å². The van der Waals surface area contributed by atoms with Gasteiger partial charge in [0, 0.05) is 43.5 Å². The van der Waals surface area contributed by atoms with E-state index < -0.39 is 12.6 Å². The predicted octanol–water partition coefficient (Wildman–Crippen LogP) is 4.53. The number of piperazine rings is 1. The minimum atomic E-state index is -4.12. The Morgan fingerprint density at radius 2 is 1.90 bits per heavy atom. The van der Waals surface area contributed by atoms with Crippen molar-refractivity contribution in [1.82, 2.24) is 10.2 Å². The second-order valence-corrected chi connectivity index (χ2v) is 5.94. The van der Waals surface area contributed by atoms with Gasteiger partial charge in [-0.1, -0.05) is 11.6 Å². The van der Waals surface area contributed by atoms with Gasteiger partial charge in [-0.25, -0.2) is 0 Å². The lowest BCUT2D eigenvalue weighted by Gasteiger charge is -2.35. The first-order valence-corrected chi connectivity index (χ1v) is 7.47. The molecule has 0 saturated carbocycles. The minimum Gasteiger partial charge on any atom is -0.314 e. The third kappa shape index (κ3) is 6.50. The molecule has 0 spiro atoms. The van der Waals surface area contributed by atoms with Crippen LogP contribution in [0.15, 0.2) is 11.4 Å². The number of nitrogens with zero attached hydrogens (tertiary/aromatic N) is 1. The fraction of sp³-hybridized carbons (Fsp3) is 0.667. The van der Waals surface area contributed by atoms with E-state index in [1.54, 1.807) is 6.07 Å². The van der Waals surface area contributed by atoms with Crippen LogP contribution in [0.3, 0.4) is 0 Å². The minimum absolute atomic E-state index is 0. The summed E-state index contributed by atoms with van der Waals surface area (Å²) in [7, 11) is 0. The van der Waals surface area contributed by atoms with Crippen LogP contribution < -0.4 is 5.32 Å². The molecular formula is C12H18Cl3F3N2S. The molecule has 0 aliphatic carbocycles. The van der Waals surface area contributed by atoms with Crippen LogP contribution in [-0.4, -0.2) is 37.3 Å². The molecule has 0 radical (unpaired) electrons. The highest BCUT2D eigenvalue weighted by Crippen LogP contribution is 2.37. The molecule has 0 bridgehead atoms. The van der Waals surface area contributed by atoms with Gasteiger partial charge in [-0.3, -0.25) is 4.90 Å². The van der Waals surface area contributed by atoms with Gasteiger partial charge in [-0.15, -0.1) is 36.2 Å². The van der Waals surface area contributed by atoms with Gasteiger partial charge in [0.25, 0.3) is 0 Å². The van der Waals surface area contributed by atoms with Crippen molar-refractivity contribution in [2.75, 3.05) is 26.2 Å². The first-order valence-electron chi connectivity index (χ1n) is 6.22. The van der Waals surface area contributed by atoms with Gasteiger partial charge < -0.3 is 5.32 Å². The SMILES string of the molecule is Cl.Cl.FC(F)(F)CC[C@@H](c1sccc1Cl)N1CCNCC1. The number of hydrogen-bond donors (Lipinski definition) is 1. The monoisotopic (exact) mass is 384 g/mol. The van der Waals surface area contributed by atoms with Crippen LogP contribution in [0, 0.1) is 0 Å². The summed E-state index contributed by atoms with van der Waals surface area (Å²) in [6, 6.07) is 1.53. The van der Waals surface area contributed by atoms with Crippen molar-refractivity contribution in [1.29, 1.82) is 0 Å². The lowest BCUT2D eigenvalue weighted by atomic mass is 10.1. The lowest BCUT2D eigenvalue weighted by Crippen LogP contribution is -2.45. The van der Waals surface area contributed by atoms with Crippen LogP contribution in [0.5, 0.6) is 0 Å². The van der Waals surface area contributed by atoms with E-state index in [0.717, 1.165) is 31.1 Å². The molecule has 2 heterocycles. The summed E-state index contributed by atoms with van der Waals surface area (Å²) in [5.41, 5.74) is 0. The summed E-state index contributed by atoms with van der Waals surface area (Å²) >= 11 is 7.53. The van der Waals surface area contributed by atoms with Crippen molar-refractivity contribution in [3.8, 4) is 0 Å². The molecule has 0 aromatic carbocycles. The van der Waals surface area contributed by atoms with Crippen molar-refractivity contribution in [3.05, 3.63) is 21.3 Å². The fourth-order valence-electron chi connectivity index (χ4n) is 2.32. The standard InChI is InChI=1S/C12H16ClF3N2S.2ClH/c13-9-2-8-19-11(9)10(1-3-12(14,15)16)18-6-4-17-5-7-18;;/h2,8,10,17H,1,3-7H2;2*1H/t10-;;/m0../s1. The Morgan fingerprint density at radius 1 is 1.29 bits per heavy atom. The van der Waals surface area contributed by atoms with E-state index in [-0.39, 0.29) is 37.3 Å². The number of hydrogen-bond acceptors (Lipinski definition) is 3. The number of thiophene rings is 1. The average molecular weight is 386 g/mol. The molecule has 1 N–H and O–H groups in total. The first-order chi connectivity index (χ1) is 8.97. The van der Waals surface area contributed by atoms with Crippen LogP contribution in [-0.2, 0) is 0 Å². The zero-order valence-electron chi connectivity index (χ0n) is 11.2. The molecule has 1 aliphatic heterocycles. The Morgan fingerprint density at radius 3 is 2.38 bits per heavy atom. The maximum atomic E-state index is 12.5. The number of rotatable bonds is 4. The van der Waals surface area contributed by atoms with Crippen molar-refractivity contribution in [2.24, 2.45) is 0 Å². The second kappa shape index (κ2) is 9.43. The number of halogens is 6. The molecule has 1 aromatic heterocycles. The summed E-state index contributed by atoms with van der Waals surface area (Å²) in [4.78, 5) is 2.95. The van der Waals surface area contributed by atoms with Crippen molar-refractivity contribution in [2.45, 2.75) is 25.1 Å². The largest absolute Gasteiger partial charge is 0.389 e. The Balaban J connectivity index is 0.00000200. The summed E-state index contributed by atoms with van der Waals surface area (Å²) in [6.07, 6.45) is -4.81. The Bertz CT molecular complexity index is 409. The van der Waals surface area contributed by atoms with Crippen LogP contribution in [0.2, 0.25) is 5.02 Å². The quantitative estimate of drug-likeness (QED) is 0.819. The first kappa shape index (κ1) is 21.3. The highest BCUT2D eigenvalue weighted by Gasteiger charge is 2.32. The fourth-order valence-corrected chi connectivity index (χ4v) is 3.67. The van der Waals surface area contributed by atoms with Gasteiger partial charge in [0.2, 0.25) is 0 Å². The summed E-state index contributed by atoms with van der Waals surface area (Å²) in [5, 5.41) is 5.62. The maximum absolute atomic E-state index is 12.5. The van der Waals surface area contributed by atoms with E-state index in [1.807, 2.05) is 5.38 Å². The summed E-state index contributed by atoms with van der Waals surface area (Å²) < 4.78 is 37.4. The molecule has 0 amide bonds. The zero-order valence-corrected chi connectivity index (χ0v) is 14.4. The highest BCUT2D eigenvalue weighted by atomic mass is 35.5. The third-order valence-corrected chi connectivity index (χ3v) is 4.70. The van der Waals surface area contributed by atoms with Crippen LogP contribution in [0.4, 0.5) is 13.2 Å². The zero-order chi connectivity index (χ0) is 13.9. The molecule has 9 heteroatoms. The van der Waals surface area contributed by atoms with Crippen LogP contribution in [0.25, 0.3) is 0 Å². The van der Waals surface area contributed by atoms with Gasteiger partial charge in [0.05, 0.1) is 5.02 Å². The van der Waals surface area contributed by atoms with Gasteiger partial charge in [-0.05, 0) is 17.9 Å². The lowest BCUT2D eigenvalue weighted by molar-refractivity contribution is -0.138. The van der Waals surface area contributed by atoms with Gasteiger partial charge in [-0.2, -0.15) is 13.2 Å². The third-order valence-electron chi connectivity index (χ3n) is 3.24. The summed E-state index contributed by atoms with van der Waals surface area (Å²) in [5.74, 6) is 0. The number of nitrogens with one attached hydrogen (secondary N) is 1. The Kier molecular flexibility index (Phi) is 9.55. The van der Waals surface area contributed by atoms with Crippen LogP contribution in [0.1, 0.15) is 23.8 Å². The normalized spacial score (nSPS) is 17.7. The molecule has 1 aromatic rings. The number of alkyl halides is 3. The Hall–Kier alpha value is 0.280. The molecule has 1 atom stereocenters. The van der Waals surface area contributed by atoms with Gasteiger partial charge >= 0.3 is 6.18 Å². The van der Waals surface area contributed by atoms with E-state index >= 15 is 0 Å². The molecule has 0 unspecified atom stereocenters. The van der Waals surface area contributed by atoms with Gasteiger partial charge in [0.15, 0.2) is 0 Å². The molecule has 2 rings (SSSR count). The molecule has 21 heavy (non-hydrogen) atoms. The smallest absolute Gasteiger partial charge is 0.314 e. The topological polar surface area (TPSA) is 15.3 Å². The van der Waals surface area contributed by atoms with Gasteiger partial charge in [0.1, 0.15) is 0 Å². The van der Waals surface area contributed by atoms with E-state index in [2.05, 4.69) is 10.2 Å². The van der Waals surface area contributed by atoms with E-state index in [4.69, 9.17) is 11.6 Å².